The van der Waals surface area contributed by atoms with E-state index < -0.39 is 50.4 Å². The minimum atomic E-state index is -3.70. The molecule has 0 amide bonds. The average molecular weight is 512 g/mol. The number of aliphatic carboxylic acids is 1. The fourth-order valence-corrected chi connectivity index (χ4v) is 4.23. The van der Waals surface area contributed by atoms with Crippen molar-refractivity contribution in [3.05, 3.63) is 59.5 Å². The second-order valence-corrected chi connectivity index (χ2v) is 8.44. The van der Waals surface area contributed by atoms with Crippen molar-refractivity contribution in [3.63, 3.8) is 0 Å². The second kappa shape index (κ2) is 10.7. The topological polar surface area (TPSA) is 149 Å². The molecule has 35 heavy (non-hydrogen) atoms. The monoisotopic (exact) mass is 512 g/mol. The number of para-hydroxylation sites is 1. The molecular formula is C21H25F2N5O6P. The fraction of sp³-hybridized carbons (Fsp3) is 0.429. The van der Waals surface area contributed by atoms with Crippen molar-refractivity contribution in [1.29, 1.82) is 0 Å². The normalized spacial score (nSPS) is 21.3. The molecule has 0 bridgehead atoms. The van der Waals surface area contributed by atoms with Gasteiger partial charge in [-0.05, 0) is 32.0 Å². The number of carbonyl (C=O) groups is 1. The lowest BCUT2D eigenvalue weighted by atomic mass is 10.1. The van der Waals surface area contributed by atoms with Gasteiger partial charge in [-0.3, -0.25) is 13.9 Å². The number of nitrogens with one attached hydrogen (secondary N) is 1. The van der Waals surface area contributed by atoms with E-state index >= 15 is 8.78 Å². The first-order valence-corrected chi connectivity index (χ1v) is 11.4. The minimum Gasteiger partial charge on any atom is -0.481 e. The van der Waals surface area contributed by atoms with E-state index in [2.05, 4.69) is 10.1 Å². The van der Waals surface area contributed by atoms with Crippen molar-refractivity contribution in [2.45, 2.75) is 50.4 Å². The van der Waals surface area contributed by atoms with Gasteiger partial charge in [0.1, 0.15) is 17.7 Å². The zero-order valence-corrected chi connectivity index (χ0v) is 19.8. The molecule has 189 valence electrons. The Morgan fingerprint density at radius 1 is 1.40 bits per heavy atom. The summed E-state index contributed by atoms with van der Waals surface area (Å²) in [5.74, 6) is -6.84. The van der Waals surface area contributed by atoms with Gasteiger partial charge in [0.2, 0.25) is 6.23 Å². The predicted octanol–water partition coefficient (Wildman–Crippen LogP) is 2.28. The molecule has 1 aliphatic heterocycles. The van der Waals surface area contributed by atoms with Crippen LogP contribution in [0.5, 0.6) is 5.75 Å². The quantitative estimate of drug-likeness (QED) is 0.302. The van der Waals surface area contributed by atoms with Gasteiger partial charge in [-0.1, -0.05) is 18.2 Å². The van der Waals surface area contributed by atoms with E-state index in [1.807, 2.05) is 0 Å². The van der Waals surface area contributed by atoms with Crippen LogP contribution in [0.2, 0.25) is 0 Å². The predicted molar refractivity (Wildman–Crippen MR) is 121 cm³/mol. The molecule has 2 heterocycles. The van der Waals surface area contributed by atoms with Crippen molar-refractivity contribution in [2.75, 3.05) is 12.3 Å². The molecule has 11 nitrogen and oxygen atoms in total. The molecule has 3 rings (SSSR count). The van der Waals surface area contributed by atoms with Crippen LogP contribution in [-0.4, -0.2) is 56.0 Å². The standard InChI is InChI=1S/C21H25F2N5O6P/c1-13(2)28(11-9-17(29)30)21(26-35-32,34-14-6-4-3-5-7-14)15-12-20(22,23)18(33-15)27-10-8-16(24)25-19(27)31/h3-8,10,12-13,15,18H,9,11H2,1-2H3,(H,26,32)(H,29,30)(H2,24,25,31)/t15-,18?,21?/m1/s1. The highest BCUT2D eigenvalue weighted by Crippen LogP contribution is 2.46. The Morgan fingerprint density at radius 2 is 2.09 bits per heavy atom. The van der Waals surface area contributed by atoms with Crippen LogP contribution in [0.4, 0.5) is 14.6 Å². The zero-order valence-electron chi connectivity index (χ0n) is 18.9. The SMILES string of the molecule is CC(C)N(CCC(=O)O)C(NP=O)(Oc1ccccc1)[C@H]1[CH]C(F)(F)C(n2ccc(N)nc2=O)O1. The smallest absolute Gasteiger partial charge is 0.351 e. The number of nitrogens with two attached hydrogens (primary N) is 1. The van der Waals surface area contributed by atoms with Crippen LogP contribution < -0.4 is 21.2 Å². The Labute approximate surface area is 201 Å². The minimum absolute atomic E-state index is 0.152. The summed E-state index contributed by atoms with van der Waals surface area (Å²) in [5, 5.41) is 11.8. The molecule has 3 atom stereocenters. The summed E-state index contributed by atoms with van der Waals surface area (Å²) >= 11 is 0. The van der Waals surface area contributed by atoms with Crippen LogP contribution in [0.15, 0.2) is 47.4 Å². The zero-order chi connectivity index (χ0) is 25.8. The number of hydrogen-bond donors (Lipinski definition) is 3. The molecule has 4 N–H and O–H groups in total. The molecule has 0 spiro atoms. The summed E-state index contributed by atoms with van der Waals surface area (Å²) in [7, 11) is -0.704. The van der Waals surface area contributed by atoms with Gasteiger partial charge >= 0.3 is 11.7 Å². The highest BCUT2D eigenvalue weighted by atomic mass is 31.1. The number of nitrogen functional groups attached to an aromatic ring is 1. The summed E-state index contributed by atoms with van der Waals surface area (Å²) in [4.78, 5) is 28.5. The molecule has 1 aliphatic rings. The number of carboxylic acid groups (broad SMARTS) is 1. The molecule has 1 saturated heterocycles. The Morgan fingerprint density at radius 3 is 2.66 bits per heavy atom. The summed E-state index contributed by atoms with van der Waals surface area (Å²) in [5.41, 5.74) is 4.41. The lowest BCUT2D eigenvalue weighted by Crippen LogP contribution is -2.69. The maximum absolute atomic E-state index is 15.2. The van der Waals surface area contributed by atoms with E-state index in [-0.39, 0.29) is 24.5 Å². The van der Waals surface area contributed by atoms with E-state index in [9.17, 15) is 19.3 Å². The van der Waals surface area contributed by atoms with Gasteiger partial charge in [0.05, 0.1) is 12.8 Å². The van der Waals surface area contributed by atoms with Gasteiger partial charge < -0.3 is 20.3 Å². The van der Waals surface area contributed by atoms with Crippen LogP contribution in [0.3, 0.4) is 0 Å². The van der Waals surface area contributed by atoms with Crippen molar-refractivity contribution in [3.8, 4) is 5.75 Å². The van der Waals surface area contributed by atoms with Crippen molar-refractivity contribution in [1.82, 2.24) is 19.5 Å². The first-order valence-electron chi connectivity index (χ1n) is 10.6. The lowest BCUT2D eigenvalue weighted by molar-refractivity contribution is -0.201. The lowest BCUT2D eigenvalue weighted by Gasteiger charge is -2.47. The largest absolute Gasteiger partial charge is 0.481 e. The van der Waals surface area contributed by atoms with E-state index in [0.717, 1.165) is 6.20 Å². The van der Waals surface area contributed by atoms with Crippen LogP contribution in [0.25, 0.3) is 0 Å². The molecule has 2 aromatic rings. The molecule has 2 unspecified atom stereocenters. The first kappa shape index (κ1) is 26.6. The number of benzene rings is 1. The molecule has 1 aromatic heterocycles. The van der Waals surface area contributed by atoms with Crippen LogP contribution in [-0.2, 0) is 14.1 Å². The van der Waals surface area contributed by atoms with Crippen molar-refractivity contribution >= 4 is 20.4 Å². The Kier molecular flexibility index (Phi) is 8.16. The van der Waals surface area contributed by atoms with E-state index in [0.29, 0.717) is 11.0 Å². The van der Waals surface area contributed by atoms with Gasteiger partial charge in [0.15, 0.2) is 0 Å². The number of alkyl halides is 2. The number of hydrogen-bond acceptors (Lipinski definition) is 8. The number of rotatable bonds is 11. The van der Waals surface area contributed by atoms with Crippen LogP contribution in [0, 0.1) is 6.42 Å². The van der Waals surface area contributed by atoms with Crippen molar-refractivity contribution < 1.29 is 32.7 Å². The second-order valence-electron chi connectivity index (χ2n) is 8.04. The van der Waals surface area contributed by atoms with E-state index in [4.69, 9.17) is 15.2 Å². The molecule has 1 radical (unpaired) electrons. The first-order chi connectivity index (χ1) is 16.5. The van der Waals surface area contributed by atoms with Crippen LogP contribution >= 0.6 is 8.61 Å². The molecule has 1 aromatic carbocycles. The van der Waals surface area contributed by atoms with Crippen molar-refractivity contribution in [2.24, 2.45) is 0 Å². The summed E-state index contributed by atoms with van der Waals surface area (Å²) in [6.45, 7) is 3.20. The number of anilines is 1. The van der Waals surface area contributed by atoms with Gasteiger partial charge in [0, 0.05) is 18.8 Å². The van der Waals surface area contributed by atoms with Gasteiger partial charge in [-0.25, -0.2) is 18.5 Å². The highest BCUT2D eigenvalue weighted by Gasteiger charge is 2.62. The fourth-order valence-electron chi connectivity index (χ4n) is 3.80. The number of aromatic nitrogens is 2. The summed E-state index contributed by atoms with van der Waals surface area (Å²) in [6.07, 6.45) is -2.57. The summed E-state index contributed by atoms with van der Waals surface area (Å²) in [6, 6.07) is 8.77. The molecular weight excluding hydrogens is 487 g/mol. The number of nitrogens with zero attached hydrogens (tertiary/aromatic N) is 3. The Hall–Kier alpha value is -2.99. The highest BCUT2D eigenvalue weighted by molar-refractivity contribution is 7.21. The third-order valence-electron chi connectivity index (χ3n) is 5.31. The number of ether oxygens (including phenoxy) is 2. The summed E-state index contributed by atoms with van der Waals surface area (Å²) < 4.78 is 54.7. The maximum Gasteiger partial charge on any atom is 0.351 e. The van der Waals surface area contributed by atoms with Gasteiger partial charge in [-0.15, -0.1) is 0 Å². The Balaban J connectivity index is 2.11. The third kappa shape index (κ3) is 5.81. The number of halogens is 2. The van der Waals surface area contributed by atoms with Crippen LogP contribution in [0.1, 0.15) is 26.5 Å². The third-order valence-corrected chi connectivity index (χ3v) is 5.72. The average Bonchev–Trinajstić information content (AvgIpc) is 3.09. The van der Waals surface area contributed by atoms with E-state index in [1.54, 1.807) is 44.2 Å². The molecule has 0 aliphatic carbocycles. The maximum atomic E-state index is 15.2. The molecule has 0 saturated carbocycles. The Bertz CT molecular complexity index is 1110. The van der Waals surface area contributed by atoms with Gasteiger partial charge in [0.25, 0.3) is 20.4 Å². The molecule has 14 heteroatoms. The van der Waals surface area contributed by atoms with Gasteiger partial charge in [-0.2, -0.15) is 10.1 Å². The number of carboxylic acids is 1. The van der Waals surface area contributed by atoms with E-state index in [1.165, 1.54) is 11.0 Å². The molecule has 1 fully saturated rings.